The number of fused-ring (bicyclic) bond motifs is 6. The van der Waals surface area contributed by atoms with Gasteiger partial charge in [0.1, 0.15) is 23.8 Å². The summed E-state index contributed by atoms with van der Waals surface area (Å²) >= 11 is 0. The number of carbonyl (C=O) groups is 3. The number of aliphatic hydroxyl groups excluding tert-OH is 2. The Hall–Kier alpha value is -4.00. The minimum atomic E-state index is -1.49. The van der Waals surface area contributed by atoms with E-state index in [1.165, 1.54) is 6.92 Å². The molecule has 1 aromatic heterocycles. The number of aliphatic imine (C=N–C) groups is 1. The molecule has 3 N–H and O–H groups in total. The lowest BCUT2D eigenvalue weighted by molar-refractivity contribution is -0.153. The molecule has 4 aliphatic rings. The van der Waals surface area contributed by atoms with Crippen molar-refractivity contribution < 1.29 is 48.3 Å². The van der Waals surface area contributed by atoms with Gasteiger partial charge in [0.05, 0.1) is 19.3 Å². The van der Waals surface area contributed by atoms with E-state index < -0.39 is 54.3 Å². The summed E-state index contributed by atoms with van der Waals surface area (Å²) in [5, 5.41) is 19.7. The van der Waals surface area contributed by atoms with Crippen LogP contribution in [0.2, 0.25) is 0 Å². The van der Waals surface area contributed by atoms with E-state index in [2.05, 4.69) is 31.8 Å². The van der Waals surface area contributed by atoms with Gasteiger partial charge in [0.15, 0.2) is 18.3 Å². The second-order valence-corrected chi connectivity index (χ2v) is 15.4. The van der Waals surface area contributed by atoms with Crippen molar-refractivity contribution in [3.63, 3.8) is 0 Å². The topological polar surface area (TPSA) is 166 Å². The summed E-state index contributed by atoms with van der Waals surface area (Å²) in [5.74, 6) is -1.46. The number of nitrogens with zero attached hydrogens (tertiary/aromatic N) is 1. The van der Waals surface area contributed by atoms with Crippen LogP contribution in [0, 0.1) is 17.3 Å². The van der Waals surface area contributed by atoms with Gasteiger partial charge in [-0.2, -0.15) is 0 Å². The zero-order valence-corrected chi connectivity index (χ0v) is 31.4. The Kier molecular flexibility index (Phi) is 12.6. The highest BCUT2D eigenvalue weighted by atomic mass is 16.6. The van der Waals surface area contributed by atoms with Crippen LogP contribution < -0.4 is 0 Å². The average Bonchev–Trinajstić information content (AvgIpc) is 3.87. The number of aromatic amines is 1. The average molecular weight is 723 g/mol. The van der Waals surface area contributed by atoms with Crippen molar-refractivity contribution in [3.05, 3.63) is 69.6 Å². The molecule has 0 aromatic carbocycles. The lowest BCUT2D eigenvalue weighted by Crippen LogP contribution is -2.43. The maximum absolute atomic E-state index is 13.7. The van der Waals surface area contributed by atoms with Gasteiger partial charge in [0, 0.05) is 30.4 Å². The van der Waals surface area contributed by atoms with Crippen molar-refractivity contribution in [2.24, 2.45) is 22.2 Å². The Morgan fingerprint density at radius 3 is 2.56 bits per heavy atom. The van der Waals surface area contributed by atoms with Gasteiger partial charge in [-0.15, -0.1) is 0 Å². The van der Waals surface area contributed by atoms with Gasteiger partial charge >= 0.3 is 17.9 Å². The fourth-order valence-corrected chi connectivity index (χ4v) is 7.01. The normalized spacial score (nSPS) is 30.2. The zero-order chi connectivity index (χ0) is 37.7. The van der Waals surface area contributed by atoms with Crippen LogP contribution in [0.1, 0.15) is 85.5 Å². The fraction of sp³-hybridized carbons (Fsp3) is 0.600. The lowest BCUT2D eigenvalue weighted by Gasteiger charge is -2.27. The van der Waals surface area contributed by atoms with E-state index in [1.54, 1.807) is 6.92 Å². The van der Waals surface area contributed by atoms with Crippen LogP contribution in [0.4, 0.5) is 0 Å². The monoisotopic (exact) mass is 722 g/mol. The number of aromatic nitrogens is 1. The van der Waals surface area contributed by atoms with E-state index in [-0.39, 0.29) is 37.2 Å². The maximum atomic E-state index is 13.7. The Bertz CT molecular complexity index is 1660. The molecular weight excluding hydrogens is 668 g/mol. The molecule has 4 aliphatic heterocycles. The molecule has 5 heterocycles. The predicted molar refractivity (Wildman–Crippen MR) is 193 cm³/mol. The fourth-order valence-electron chi connectivity index (χ4n) is 7.01. The molecule has 0 spiro atoms. The molecule has 0 radical (unpaired) electrons. The van der Waals surface area contributed by atoms with E-state index in [9.17, 15) is 24.6 Å². The third-order valence-electron chi connectivity index (χ3n) is 10.1. The highest BCUT2D eigenvalue weighted by Gasteiger charge is 2.57. The first kappa shape index (κ1) is 39.2. The third-order valence-corrected chi connectivity index (χ3v) is 10.1. The summed E-state index contributed by atoms with van der Waals surface area (Å²) in [5.41, 5.74) is 4.03. The number of esters is 3. The first-order valence-electron chi connectivity index (χ1n) is 18.4. The largest absolute Gasteiger partial charge is 0.467 e. The van der Waals surface area contributed by atoms with E-state index in [4.69, 9.17) is 28.7 Å². The molecule has 2 saturated heterocycles. The molecular formula is C40H54N2O10. The highest BCUT2D eigenvalue weighted by Crippen LogP contribution is 2.40. The van der Waals surface area contributed by atoms with Crippen molar-refractivity contribution in [2.45, 2.75) is 111 Å². The number of ether oxygens (including phenoxy) is 5. The van der Waals surface area contributed by atoms with Gasteiger partial charge in [-0.1, -0.05) is 39.3 Å². The molecule has 0 amide bonds. The van der Waals surface area contributed by atoms with Gasteiger partial charge in [0.2, 0.25) is 5.90 Å². The van der Waals surface area contributed by atoms with Gasteiger partial charge in [0.25, 0.3) is 0 Å². The number of nitrogens with one attached hydrogen (secondary N) is 1. The SMILES string of the molecule is CC1=CCc2ccc([nH]2)C2=NC(/C=C3/C(=C(\C)CCCO)COC3CC(C)C)C(COC(=O)C(CC(C)C)=CC(=O)OC3C1OC(=O)C3(C)CO)O2. The highest BCUT2D eigenvalue weighted by molar-refractivity contribution is 5.97. The van der Waals surface area contributed by atoms with Crippen LogP contribution in [0.25, 0.3) is 0 Å². The van der Waals surface area contributed by atoms with E-state index in [1.807, 2.05) is 32.1 Å². The first-order chi connectivity index (χ1) is 24.7. The second kappa shape index (κ2) is 16.8. The van der Waals surface area contributed by atoms with Crippen molar-refractivity contribution in [3.8, 4) is 0 Å². The number of rotatable bonds is 9. The van der Waals surface area contributed by atoms with E-state index in [0.717, 1.165) is 41.3 Å². The summed E-state index contributed by atoms with van der Waals surface area (Å²) in [6.07, 6.45) is 5.08. The number of aliphatic hydroxyl groups is 2. The molecule has 2 fully saturated rings. The van der Waals surface area contributed by atoms with Gasteiger partial charge in [-0.25, -0.2) is 14.6 Å². The number of H-pyrrole nitrogens is 1. The Balaban J connectivity index is 1.55. The van der Waals surface area contributed by atoms with Crippen LogP contribution in [0.3, 0.4) is 0 Å². The molecule has 284 valence electrons. The van der Waals surface area contributed by atoms with Crippen molar-refractivity contribution in [2.75, 3.05) is 26.4 Å². The number of hydrogen-bond donors (Lipinski definition) is 3. The summed E-state index contributed by atoms with van der Waals surface area (Å²) < 4.78 is 30.1. The number of allylic oxidation sites excluding steroid dienone is 2. The molecule has 12 nitrogen and oxygen atoms in total. The summed E-state index contributed by atoms with van der Waals surface area (Å²) in [6.45, 7) is 13.3. The Morgan fingerprint density at radius 1 is 1.10 bits per heavy atom. The Labute approximate surface area is 306 Å². The number of carbonyl (C=O) groups excluding carboxylic acids is 3. The van der Waals surface area contributed by atoms with Gasteiger partial charge < -0.3 is 38.9 Å². The first-order valence-corrected chi connectivity index (χ1v) is 18.4. The molecule has 1 aromatic rings. The zero-order valence-electron chi connectivity index (χ0n) is 31.4. The quantitative estimate of drug-likeness (QED) is 0.182. The smallest absolute Gasteiger partial charge is 0.334 e. The third kappa shape index (κ3) is 8.78. The van der Waals surface area contributed by atoms with Crippen molar-refractivity contribution >= 4 is 23.8 Å². The van der Waals surface area contributed by atoms with Gasteiger partial charge in [-0.05, 0) is 93.2 Å². The molecule has 4 bridgehead atoms. The van der Waals surface area contributed by atoms with Crippen LogP contribution in [-0.2, 0) is 44.5 Å². The van der Waals surface area contributed by atoms with Crippen LogP contribution in [0.15, 0.2) is 63.2 Å². The van der Waals surface area contributed by atoms with Crippen molar-refractivity contribution in [1.82, 2.24) is 4.98 Å². The molecule has 12 heteroatoms. The molecule has 0 aliphatic carbocycles. The minimum Gasteiger partial charge on any atom is -0.467 e. The molecule has 0 saturated carbocycles. The standard InChI is InChI=1S/C40H54N2O10/c1-22(2)15-26-17-34(45)51-36-35(52-39(47)40(36,7)21-44)25(6)10-11-27-12-13-30(41-27)37-42-31(33(50-37)20-49-38(26)46)18-28-29(24(5)9-8-14-43)19-48-32(28)16-23(3)4/h10,12-13,17-18,22-23,31-33,35-36,41,43-44H,8-9,11,14-16,19-21H2,1-7H3/b25-10?,26-17?,28-18-,29-24+. The summed E-state index contributed by atoms with van der Waals surface area (Å²) in [6, 6.07) is 3.27. The molecule has 6 unspecified atom stereocenters. The summed E-state index contributed by atoms with van der Waals surface area (Å²) in [4.78, 5) is 48.4. The van der Waals surface area contributed by atoms with E-state index in [0.29, 0.717) is 42.5 Å². The van der Waals surface area contributed by atoms with E-state index >= 15 is 0 Å². The number of hydrogen-bond acceptors (Lipinski definition) is 11. The second-order valence-electron chi connectivity index (χ2n) is 15.4. The predicted octanol–water partition coefficient (Wildman–Crippen LogP) is 4.84. The minimum absolute atomic E-state index is 0.00163. The van der Waals surface area contributed by atoms with Gasteiger partial charge in [-0.3, -0.25) is 4.79 Å². The maximum Gasteiger partial charge on any atom is 0.334 e. The van der Waals surface area contributed by atoms with Crippen LogP contribution in [-0.4, -0.2) is 95.9 Å². The Morgan fingerprint density at radius 2 is 1.87 bits per heavy atom. The molecule has 5 rings (SSSR count). The number of cyclic esters (lactones) is 1. The molecule has 52 heavy (non-hydrogen) atoms. The molecule has 6 atom stereocenters. The van der Waals surface area contributed by atoms with Crippen molar-refractivity contribution in [1.29, 1.82) is 0 Å². The summed E-state index contributed by atoms with van der Waals surface area (Å²) in [7, 11) is 0. The lowest BCUT2D eigenvalue weighted by atomic mass is 9.83. The van der Waals surface area contributed by atoms with Crippen LogP contribution in [0.5, 0.6) is 0 Å². The van der Waals surface area contributed by atoms with Crippen LogP contribution >= 0.6 is 0 Å².